The number of nitrogens with one attached hydrogen (secondary N) is 1. The van der Waals surface area contributed by atoms with Crippen molar-refractivity contribution in [2.45, 2.75) is 6.42 Å². The third kappa shape index (κ3) is 4.24. The van der Waals surface area contributed by atoms with Crippen molar-refractivity contribution in [2.24, 2.45) is 5.92 Å². The van der Waals surface area contributed by atoms with Crippen molar-refractivity contribution >= 4 is 40.5 Å². The minimum Gasteiger partial charge on any atom is -0.493 e. The summed E-state index contributed by atoms with van der Waals surface area (Å²) < 4.78 is 10.2. The molecule has 1 N–H and O–H groups in total. The Morgan fingerprint density at radius 2 is 1.93 bits per heavy atom. The number of amides is 2. The lowest BCUT2D eigenvalue weighted by Gasteiger charge is -2.17. The van der Waals surface area contributed by atoms with E-state index in [9.17, 15) is 19.7 Å². The number of hydrogen-bond donors (Lipinski definition) is 1. The van der Waals surface area contributed by atoms with Crippen molar-refractivity contribution in [1.82, 2.24) is 0 Å². The summed E-state index contributed by atoms with van der Waals surface area (Å²) in [5.74, 6) is -1.00. The number of benzene rings is 2. The fourth-order valence-corrected chi connectivity index (χ4v) is 3.32. The Balaban J connectivity index is 1.82. The highest BCUT2D eigenvalue weighted by Gasteiger charge is 2.36. The molecule has 29 heavy (non-hydrogen) atoms. The molecule has 10 heteroatoms. The number of hydrogen-bond acceptors (Lipinski definition) is 6. The normalized spacial score (nSPS) is 15.9. The average Bonchev–Trinajstić information content (AvgIpc) is 3.09. The molecule has 0 radical (unpaired) electrons. The fraction of sp³-hybridized carbons (Fsp3) is 0.263. The number of carbonyl (C=O) groups is 2. The van der Waals surface area contributed by atoms with Crippen LogP contribution >= 0.6 is 11.6 Å². The summed E-state index contributed by atoms with van der Waals surface area (Å²) >= 11 is 5.97. The third-order valence-corrected chi connectivity index (χ3v) is 4.81. The van der Waals surface area contributed by atoms with Crippen LogP contribution in [-0.2, 0) is 9.59 Å². The Morgan fingerprint density at radius 1 is 1.24 bits per heavy atom. The van der Waals surface area contributed by atoms with E-state index in [-0.39, 0.29) is 41.7 Å². The summed E-state index contributed by atoms with van der Waals surface area (Å²) in [6, 6.07) is 9.26. The molecule has 3 rings (SSSR count). The van der Waals surface area contributed by atoms with E-state index in [1.165, 1.54) is 31.3 Å². The van der Waals surface area contributed by atoms with Gasteiger partial charge in [-0.15, -0.1) is 0 Å². The second-order valence-electron chi connectivity index (χ2n) is 6.36. The molecule has 2 amide bonds. The fourth-order valence-electron chi connectivity index (χ4n) is 3.13. The van der Waals surface area contributed by atoms with E-state index >= 15 is 0 Å². The topological polar surface area (TPSA) is 111 Å². The molecule has 1 unspecified atom stereocenters. The molecule has 0 bridgehead atoms. The van der Waals surface area contributed by atoms with Crippen LogP contribution in [0.1, 0.15) is 6.42 Å². The van der Waals surface area contributed by atoms with Gasteiger partial charge in [-0.1, -0.05) is 17.7 Å². The highest BCUT2D eigenvalue weighted by Crippen LogP contribution is 2.38. The molecule has 1 saturated heterocycles. The highest BCUT2D eigenvalue weighted by molar-refractivity contribution is 6.31. The molecule has 1 aliphatic rings. The Labute approximate surface area is 171 Å². The maximum atomic E-state index is 12.7. The van der Waals surface area contributed by atoms with E-state index in [2.05, 4.69) is 5.32 Å². The molecular weight excluding hydrogens is 402 g/mol. The maximum Gasteiger partial charge on any atom is 0.296 e. The number of halogens is 1. The van der Waals surface area contributed by atoms with Gasteiger partial charge in [0.05, 0.1) is 31.1 Å². The predicted molar refractivity (Wildman–Crippen MR) is 107 cm³/mol. The number of methoxy groups -OCH3 is 2. The first kappa shape index (κ1) is 20.4. The van der Waals surface area contributed by atoms with Crippen LogP contribution in [0.25, 0.3) is 0 Å². The molecule has 1 aliphatic heterocycles. The largest absolute Gasteiger partial charge is 0.493 e. The quantitative estimate of drug-likeness (QED) is 0.568. The van der Waals surface area contributed by atoms with Gasteiger partial charge in [0.1, 0.15) is 5.69 Å². The molecule has 152 valence electrons. The van der Waals surface area contributed by atoms with Gasteiger partial charge in [-0.2, -0.15) is 0 Å². The maximum absolute atomic E-state index is 12.7. The first-order valence-electron chi connectivity index (χ1n) is 8.61. The van der Waals surface area contributed by atoms with Crippen LogP contribution in [0.2, 0.25) is 5.02 Å². The smallest absolute Gasteiger partial charge is 0.296 e. The number of ether oxygens (including phenoxy) is 2. The molecule has 0 aliphatic carbocycles. The summed E-state index contributed by atoms with van der Waals surface area (Å²) in [7, 11) is 2.74. The monoisotopic (exact) mass is 419 g/mol. The van der Waals surface area contributed by atoms with Crippen LogP contribution in [0.3, 0.4) is 0 Å². The van der Waals surface area contributed by atoms with Crippen LogP contribution in [0.4, 0.5) is 17.1 Å². The van der Waals surface area contributed by atoms with Crippen molar-refractivity contribution in [1.29, 1.82) is 0 Å². The summed E-state index contributed by atoms with van der Waals surface area (Å²) in [6.07, 6.45) is -0.0145. The van der Waals surface area contributed by atoms with Crippen LogP contribution in [-0.4, -0.2) is 37.5 Å². The summed E-state index contributed by atoms with van der Waals surface area (Å²) in [5.41, 5.74) is 0.216. The Bertz CT molecular complexity index is 980. The standard InChI is InChI=1S/C19H18ClN3O6/c1-28-16-8-14(15(23(26)27)9-17(16)29-2)21-19(25)11-6-18(24)22(10-11)13-5-3-4-12(20)7-13/h3-5,7-9,11H,6,10H2,1-2H3,(H,21,25). The zero-order chi connectivity index (χ0) is 21.1. The van der Waals surface area contributed by atoms with Gasteiger partial charge in [-0.3, -0.25) is 19.7 Å². The van der Waals surface area contributed by atoms with Gasteiger partial charge in [0.15, 0.2) is 11.5 Å². The van der Waals surface area contributed by atoms with E-state index in [1.807, 2.05) is 0 Å². The first-order valence-corrected chi connectivity index (χ1v) is 8.99. The Morgan fingerprint density at radius 3 is 2.55 bits per heavy atom. The predicted octanol–water partition coefficient (Wildman–Crippen LogP) is 3.26. The van der Waals surface area contributed by atoms with E-state index in [0.29, 0.717) is 10.7 Å². The third-order valence-electron chi connectivity index (χ3n) is 4.57. The van der Waals surface area contributed by atoms with Crippen molar-refractivity contribution in [3.05, 3.63) is 51.5 Å². The molecule has 1 atom stereocenters. The number of rotatable bonds is 6. The van der Waals surface area contributed by atoms with Gasteiger partial charge in [-0.05, 0) is 18.2 Å². The van der Waals surface area contributed by atoms with Gasteiger partial charge in [0.2, 0.25) is 11.8 Å². The van der Waals surface area contributed by atoms with Crippen LogP contribution in [0.5, 0.6) is 11.5 Å². The van der Waals surface area contributed by atoms with Gasteiger partial charge >= 0.3 is 0 Å². The molecule has 0 saturated carbocycles. The second-order valence-corrected chi connectivity index (χ2v) is 6.79. The Kier molecular flexibility index (Phi) is 5.88. The van der Waals surface area contributed by atoms with Crippen molar-refractivity contribution in [3.63, 3.8) is 0 Å². The lowest BCUT2D eigenvalue weighted by molar-refractivity contribution is -0.384. The first-order chi connectivity index (χ1) is 13.8. The number of anilines is 2. The van der Waals surface area contributed by atoms with Crippen molar-refractivity contribution in [2.75, 3.05) is 31.0 Å². The van der Waals surface area contributed by atoms with Gasteiger partial charge in [0, 0.05) is 29.7 Å². The molecule has 2 aromatic carbocycles. The summed E-state index contributed by atoms with van der Waals surface area (Å²) in [6.45, 7) is 0.145. The number of nitro groups is 1. The molecule has 2 aromatic rings. The van der Waals surface area contributed by atoms with Gasteiger partial charge in [0.25, 0.3) is 5.69 Å². The molecule has 9 nitrogen and oxygen atoms in total. The van der Waals surface area contributed by atoms with Crippen molar-refractivity contribution < 1.29 is 24.0 Å². The number of nitro benzene ring substituents is 1. The average molecular weight is 420 g/mol. The second kappa shape index (κ2) is 8.36. The SMILES string of the molecule is COc1cc(NC(=O)C2CC(=O)N(c3cccc(Cl)c3)C2)c([N+](=O)[O-])cc1OC. The van der Waals surface area contributed by atoms with E-state index in [1.54, 1.807) is 24.3 Å². The summed E-state index contributed by atoms with van der Waals surface area (Å²) in [5, 5.41) is 14.4. The van der Waals surface area contributed by atoms with Crippen LogP contribution in [0.15, 0.2) is 36.4 Å². The molecular formula is C19H18ClN3O6. The number of nitrogens with zero attached hydrogens (tertiary/aromatic N) is 2. The van der Waals surface area contributed by atoms with E-state index < -0.39 is 16.7 Å². The van der Waals surface area contributed by atoms with Gasteiger partial charge < -0.3 is 19.7 Å². The van der Waals surface area contributed by atoms with Gasteiger partial charge in [-0.25, -0.2) is 0 Å². The van der Waals surface area contributed by atoms with Crippen LogP contribution < -0.4 is 19.7 Å². The lowest BCUT2D eigenvalue weighted by Crippen LogP contribution is -2.28. The minimum absolute atomic E-state index is 0.0145. The van der Waals surface area contributed by atoms with E-state index in [4.69, 9.17) is 21.1 Å². The molecule has 0 aromatic heterocycles. The Hall–Kier alpha value is -3.33. The zero-order valence-electron chi connectivity index (χ0n) is 15.7. The summed E-state index contributed by atoms with van der Waals surface area (Å²) in [4.78, 5) is 37.3. The highest BCUT2D eigenvalue weighted by atomic mass is 35.5. The minimum atomic E-state index is -0.672. The van der Waals surface area contributed by atoms with Crippen molar-refractivity contribution in [3.8, 4) is 11.5 Å². The molecule has 0 spiro atoms. The number of carbonyl (C=O) groups excluding carboxylic acids is 2. The molecule has 1 fully saturated rings. The molecule has 1 heterocycles. The van der Waals surface area contributed by atoms with Crippen LogP contribution in [0, 0.1) is 16.0 Å². The zero-order valence-corrected chi connectivity index (χ0v) is 16.4. The van der Waals surface area contributed by atoms with E-state index in [0.717, 1.165) is 0 Å². The lowest BCUT2D eigenvalue weighted by atomic mass is 10.1.